The molecule has 4 rings (SSSR count). The van der Waals surface area contributed by atoms with Gasteiger partial charge in [0.25, 0.3) is 0 Å². The van der Waals surface area contributed by atoms with Gasteiger partial charge in [0, 0.05) is 26.2 Å². The highest BCUT2D eigenvalue weighted by molar-refractivity contribution is 7.17. The number of hydrogen-bond donors (Lipinski definition) is 0. The quantitative estimate of drug-likeness (QED) is 0.720. The molecule has 1 aromatic carbocycles. The number of aryl methyl sites for hydroxylation is 1. The molecule has 0 N–H and O–H groups in total. The van der Waals surface area contributed by atoms with Gasteiger partial charge >= 0.3 is 0 Å². The van der Waals surface area contributed by atoms with Crippen LogP contribution in [0.1, 0.15) is 11.1 Å². The number of benzene rings is 1. The third-order valence-electron chi connectivity index (χ3n) is 4.48. The van der Waals surface area contributed by atoms with Crippen molar-refractivity contribution in [2.75, 3.05) is 36.0 Å². The lowest BCUT2D eigenvalue weighted by atomic mass is 10.1. The average molecular weight is 335 g/mol. The lowest BCUT2D eigenvalue weighted by molar-refractivity contribution is 0.648. The van der Waals surface area contributed by atoms with Gasteiger partial charge in [-0.05, 0) is 30.0 Å². The Bertz CT molecular complexity index is 919. The van der Waals surface area contributed by atoms with Crippen LogP contribution in [0.4, 0.5) is 11.5 Å². The number of piperazine rings is 1. The van der Waals surface area contributed by atoms with E-state index < -0.39 is 0 Å². The molecule has 0 spiro atoms. The molecule has 0 amide bonds. The van der Waals surface area contributed by atoms with Crippen molar-refractivity contribution in [3.63, 3.8) is 0 Å². The molecule has 3 aromatic rings. The molecule has 0 saturated carbocycles. The zero-order chi connectivity index (χ0) is 16.5. The van der Waals surface area contributed by atoms with E-state index in [1.54, 1.807) is 17.7 Å². The maximum atomic E-state index is 9.30. The maximum absolute atomic E-state index is 9.30. The monoisotopic (exact) mass is 335 g/mol. The molecule has 0 atom stereocenters. The first-order valence-corrected chi connectivity index (χ1v) is 8.83. The van der Waals surface area contributed by atoms with Crippen LogP contribution in [-0.2, 0) is 0 Å². The summed E-state index contributed by atoms with van der Waals surface area (Å²) in [6.45, 7) is 5.66. The fourth-order valence-electron chi connectivity index (χ4n) is 3.24. The molecule has 5 nitrogen and oxygen atoms in total. The minimum absolute atomic E-state index is 0.740. The van der Waals surface area contributed by atoms with Crippen LogP contribution >= 0.6 is 11.3 Å². The van der Waals surface area contributed by atoms with E-state index in [1.165, 1.54) is 10.9 Å². The molecule has 1 fully saturated rings. The predicted octanol–water partition coefficient (Wildman–Crippen LogP) is 3.20. The first-order valence-electron chi connectivity index (χ1n) is 7.96. The molecule has 3 heterocycles. The van der Waals surface area contributed by atoms with Gasteiger partial charge in [-0.2, -0.15) is 5.26 Å². The number of para-hydroxylation sites is 1. The number of hydrogen-bond acceptors (Lipinski definition) is 6. The topological polar surface area (TPSA) is 56.1 Å². The SMILES string of the molecule is Cc1csc2ncnc(N3CCN(c4ccccc4C#N)CC3)c12. The highest BCUT2D eigenvalue weighted by Crippen LogP contribution is 2.31. The van der Waals surface area contributed by atoms with Gasteiger partial charge in [-0.15, -0.1) is 11.3 Å². The molecule has 1 aliphatic heterocycles. The van der Waals surface area contributed by atoms with E-state index in [1.807, 2.05) is 24.3 Å². The van der Waals surface area contributed by atoms with Crippen LogP contribution < -0.4 is 9.80 Å². The molecule has 0 bridgehead atoms. The van der Waals surface area contributed by atoms with Gasteiger partial charge in [0.1, 0.15) is 23.0 Å². The van der Waals surface area contributed by atoms with Crippen LogP contribution in [-0.4, -0.2) is 36.1 Å². The summed E-state index contributed by atoms with van der Waals surface area (Å²) < 4.78 is 0. The van der Waals surface area contributed by atoms with E-state index >= 15 is 0 Å². The van der Waals surface area contributed by atoms with Crippen LogP contribution in [0.5, 0.6) is 0 Å². The molecular formula is C18H17N5S. The van der Waals surface area contributed by atoms with Crippen LogP contribution in [0, 0.1) is 18.3 Å². The molecule has 120 valence electrons. The van der Waals surface area contributed by atoms with Crippen LogP contribution in [0.15, 0.2) is 36.0 Å². The van der Waals surface area contributed by atoms with Gasteiger partial charge < -0.3 is 9.80 Å². The van der Waals surface area contributed by atoms with Gasteiger partial charge in [-0.25, -0.2) is 9.97 Å². The summed E-state index contributed by atoms with van der Waals surface area (Å²) in [6.07, 6.45) is 1.66. The summed E-state index contributed by atoms with van der Waals surface area (Å²) >= 11 is 1.67. The van der Waals surface area contributed by atoms with Gasteiger partial charge in [-0.3, -0.25) is 0 Å². The van der Waals surface area contributed by atoms with E-state index in [9.17, 15) is 5.26 Å². The van der Waals surface area contributed by atoms with Gasteiger partial charge in [0.2, 0.25) is 0 Å². The van der Waals surface area contributed by atoms with E-state index in [2.05, 4.69) is 38.1 Å². The standard InChI is InChI=1S/C18H17N5S/c1-13-11-24-18-16(13)17(20-12-21-18)23-8-6-22(7-9-23)15-5-3-2-4-14(15)10-19/h2-5,11-12H,6-9H2,1H3. The Morgan fingerprint density at radius 1 is 1.08 bits per heavy atom. The first kappa shape index (κ1) is 14.9. The fraction of sp³-hybridized carbons (Fsp3) is 0.278. The Morgan fingerprint density at radius 3 is 2.62 bits per heavy atom. The fourth-order valence-corrected chi connectivity index (χ4v) is 4.13. The van der Waals surface area contributed by atoms with E-state index in [-0.39, 0.29) is 0 Å². The summed E-state index contributed by atoms with van der Waals surface area (Å²) in [7, 11) is 0. The van der Waals surface area contributed by atoms with Gasteiger partial charge in [0.05, 0.1) is 16.6 Å². The van der Waals surface area contributed by atoms with E-state index in [4.69, 9.17) is 0 Å². The first-order chi connectivity index (χ1) is 11.8. The lowest BCUT2D eigenvalue weighted by Crippen LogP contribution is -2.47. The van der Waals surface area contributed by atoms with Crippen molar-refractivity contribution in [1.29, 1.82) is 5.26 Å². The minimum Gasteiger partial charge on any atom is -0.367 e. The van der Waals surface area contributed by atoms with Crippen LogP contribution in [0.3, 0.4) is 0 Å². The second kappa shape index (κ2) is 6.10. The number of nitriles is 1. The third kappa shape index (κ3) is 2.47. The number of fused-ring (bicyclic) bond motifs is 1. The van der Waals surface area contributed by atoms with Crippen LogP contribution in [0.25, 0.3) is 10.2 Å². The van der Waals surface area contributed by atoms with Crippen molar-refractivity contribution >= 4 is 33.1 Å². The molecule has 0 radical (unpaired) electrons. The number of thiophene rings is 1. The van der Waals surface area contributed by atoms with Crippen molar-refractivity contribution in [2.24, 2.45) is 0 Å². The summed E-state index contributed by atoms with van der Waals surface area (Å²) in [5.74, 6) is 1.03. The van der Waals surface area contributed by atoms with Gasteiger partial charge in [0.15, 0.2) is 0 Å². The van der Waals surface area contributed by atoms with Crippen LogP contribution in [0.2, 0.25) is 0 Å². The Morgan fingerprint density at radius 2 is 1.83 bits per heavy atom. The number of nitrogens with zero attached hydrogens (tertiary/aromatic N) is 5. The Kier molecular flexibility index (Phi) is 3.79. The largest absolute Gasteiger partial charge is 0.367 e. The second-order valence-corrected chi connectivity index (χ2v) is 6.76. The number of aromatic nitrogens is 2. The summed E-state index contributed by atoms with van der Waals surface area (Å²) in [5.41, 5.74) is 3.01. The highest BCUT2D eigenvalue weighted by atomic mass is 32.1. The third-order valence-corrected chi connectivity index (χ3v) is 5.48. The van der Waals surface area contributed by atoms with E-state index in [0.717, 1.165) is 48.1 Å². The second-order valence-electron chi connectivity index (χ2n) is 5.90. The zero-order valence-corrected chi connectivity index (χ0v) is 14.3. The normalized spacial score (nSPS) is 14.8. The Hall–Kier alpha value is -2.65. The molecule has 1 aliphatic rings. The van der Waals surface area contributed by atoms with Crippen molar-refractivity contribution in [2.45, 2.75) is 6.92 Å². The molecule has 24 heavy (non-hydrogen) atoms. The number of anilines is 2. The molecule has 1 saturated heterocycles. The van der Waals surface area contributed by atoms with Crippen molar-refractivity contribution < 1.29 is 0 Å². The summed E-state index contributed by atoms with van der Waals surface area (Å²) in [4.78, 5) is 14.6. The number of rotatable bonds is 2. The summed E-state index contributed by atoms with van der Waals surface area (Å²) in [5, 5.41) is 12.6. The average Bonchev–Trinajstić information content (AvgIpc) is 3.03. The molecule has 6 heteroatoms. The Balaban J connectivity index is 1.58. The lowest BCUT2D eigenvalue weighted by Gasteiger charge is -2.37. The summed E-state index contributed by atoms with van der Waals surface area (Å²) in [6, 6.07) is 10.1. The molecular weight excluding hydrogens is 318 g/mol. The van der Waals surface area contributed by atoms with E-state index in [0.29, 0.717) is 0 Å². The smallest absolute Gasteiger partial charge is 0.141 e. The molecule has 0 unspecified atom stereocenters. The van der Waals surface area contributed by atoms with Crippen molar-refractivity contribution in [3.8, 4) is 6.07 Å². The minimum atomic E-state index is 0.740. The Labute approximate surface area is 144 Å². The zero-order valence-electron chi connectivity index (χ0n) is 13.4. The maximum Gasteiger partial charge on any atom is 0.141 e. The van der Waals surface area contributed by atoms with Crippen molar-refractivity contribution in [1.82, 2.24) is 9.97 Å². The van der Waals surface area contributed by atoms with Gasteiger partial charge in [-0.1, -0.05) is 12.1 Å². The molecule has 0 aliphatic carbocycles. The highest BCUT2D eigenvalue weighted by Gasteiger charge is 2.22. The predicted molar refractivity (Wildman–Crippen MR) is 97.7 cm³/mol. The molecule has 2 aromatic heterocycles. The van der Waals surface area contributed by atoms with Crippen molar-refractivity contribution in [3.05, 3.63) is 47.1 Å².